The summed E-state index contributed by atoms with van der Waals surface area (Å²) in [4.78, 5) is 12.0. The normalized spacial score (nSPS) is 14.1. The van der Waals surface area contributed by atoms with Crippen LogP contribution in [-0.4, -0.2) is 43.3 Å². The lowest BCUT2D eigenvalue weighted by Crippen LogP contribution is -2.31. The Balaban J connectivity index is 2.01. The summed E-state index contributed by atoms with van der Waals surface area (Å²) in [5.41, 5.74) is 1.36. The van der Waals surface area contributed by atoms with Crippen LogP contribution in [0.25, 0.3) is 0 Å². The van der Waals surface area contributed by atoms with E-state index in [2.05, 4.69) is 5.32 Å². The Labute approximate surface area is 130 Å². The van der Waals surface area contributed by atoms with E-state index in [9.17, 15) is 18.2 Å². The first-order valence-electron chi connectivity index (χ1n) is 5.80. The lowest BCUT2D eigenvalue weighted by molar-refractivity contribution is 0.0956. The van der Waals surface area contributed by atoms with E-state index < -0.39 is 22.2 Å². The highest BCUT2D eigenvalue weighted by Gasteiger charge is 2.29. The quantitative estimate of drug-likeness (QED) is 0.292. The number of nitrogens with one attached hydrogen (secondary N) is 1. The van der Waals surface area contributed by atoms with Gasteiger partial charge in [0, 0.05) is 12.3 Å². The zero-order valence-corrected chi connectivity index (χ0v) is 13.0. The molecule has 1 heterocycles. The van der Waals surface area contributed by atoms with Crippen molar-refractivity contribution in [3.8, 4) is 0 Å². The average Bonchev–Trinajstić information content (AvgIpc) is 2.73. The average molecular weight is 352 g/mol. The highest BCUT2D eigenvalue weighted by Crippen LogP contribution is 2.20. The molecule has 11 heteroatoms. The number of fused-ring (bicyclic) bond motifs is 1. The van der Waals surface area contributed by atoms with Crippen LogP contribution in [0.15, 0.2) is 12.1 Å². The highest BCUT2D eigenvalue weighted by atomic mass is 35.5. The lowest BCUT2D eigenvalue weighted by Gasteiger charge is -2.08. The molecule has 1 aliphatic rings. The number of benzene rings is 1. The van der Waals surface area contributed by atoms with Gasteiger partial charge in [-0.05, 0) is 34.0 Å². The zero-order chi connectivity index (χ0) is 15.6. The largest absolute Gasteiger partial charge is 0.491 e. The monoisotopic (exact) mass is 351 g/mol. The summed E-state index contributed by atoms with van der Waals surface area (Å²) in [6.07, 6.45) is 0. The smallest absolute Gasteiger partial charge is 0.423 e. The third-order valence-electron chi connectivity index (χ3n) is 2.76. The lowest BCUT2D eigenvalue weighted by atomic mass is 9.78. The molecule has 0 saturated heterocycles. The van der Waals surface area contributed by atoms with E-state index in [4.69, 9.17) is 20.8 Å². The van der Waals surface area contributed by atoms with Crippen molar-refractivity contribution in [2.24, 2.45) is 0 Å². The number of carbonyl (C=O) groups is 1. The van der Waals surface area contributed by atoms with Crippen LogP contribution in [0.1, 0.15) is 15.9 Å². The molecule has 0 radical (unpaired) electrons. The molecule has 0 spiro atoms. The minimum Gasteiger partial charge on any atom is -0.423 e. The zero-order valence-electron chi connectivity index (χ0n) is 10.6. The first kappa shape index (κ1) is 16.6. The van der Waals surface area contributed by atoms with Gasteiger partial charge in [-0.2, -0.15) is 8.42 Å². The van der Waals surface area contributed by atoms with E-state index in [0.717, 1.165) is 0 Å². The van der Waals surface area contributed by atoms with Crippen LogP contribution in [-0.2, 0) is 20.4 Å². The summed E-state index contributed by atoms with van der Waals surface area (Å²) in [6.45, 7) is 0.263. The molecule has 21 heavy (non-hydrogen) atoms. The van der Waals surface area contributed by atoms with Gasteiger partial charge in [0.25, 0.3) is 5.91 Å². The van der Waals surface area contributed by atoms with Gasteiger partial charge < -0.3 is 15.0 Å². The molecule has 0 unspecified atom stereocenters. The second-order valence-corrected chi connectivity index (χ2v) is 8.08. The van der Waals surface area contributed by atoms with Crippen molar-refractivity contribution >= 4 is 50.0 Å². The van der Waals surface area contributed by atoms with Gasteiger partial charge in [0.1, 0.15) is 0 Å². The van der Waals surface area contributed by atoms with E-state index >= 15 is 0 Å². The number of rotatable bonds is 5. The molecule has 1 aromatic carbocycles. The van der Waals surface area contributed by atoms with E-state index in [0.29, 0.717) is 21.8 Å². The van der Waals surface area contributed by atoms with Crippen LogP contribution < -0.4 is 10.8 Å². The van der Waals surface area contributed by atoms with Crippen LogP contribution in [0.5, 0.6) is 0 Å². The molecule has 7 nitrogen and oxygen atoms in total. The van der Waals surface area contributed by atoms with Crippen molar-refractivity contribution in [2.45, 2.75) is 6.61 Å². The van der Waals surface area contributed by atoms with Crippen molar-refractivity contribution < 1.29 is 27.4 Å². The van der Waals surface area contributed by atoms with Crippen molar-refractivity contribution in [2.75, 3.05) is 12.3 Å². The van der Waals surface area contributed by atoms with Gasteiger partial charge in [-0.3, -0.25) is 9.35 Å². The van der Waals surface area contributed by atoms with Crippen molar-refractivity contribution in [1.29, 1.82) is 0 Å². The van der Waals surface area contributed by atoms with Gasteiger partial charge in [0.05, 0.1) is 17.2 Å². The summed E-state index contributed by atoms with van der Waals surface area (Å²) in [7, 11) is -4.89. The van der Waals surface area contributed by atoms with E-state index in [1.165, 1.54) is 6.07 Å². The van der Waals surface area contributed by atoms with Crippen LogP contribution in [0.3, 0.4) is 0 Å². The fourth-order valence-electron chi connectivity index (χ4n) is 1.83. The van der Waals surface area contributed by atoms with E-state index in [1.54, 1.807) is 6.07 Å². The molecule has 2 rings (SSSR count). The van der Waals surface area contributed by atoms with Gasteiger partial charge in [0.2, 0.25) is 0 Å². The molecule has 1 aliphatic heterocycles. The molecule has 0 atom stereocenters. The van der Waals surface area contributed by atoms with Gasteiger partial charge in [0.15, 0.2) is 0 Å². The number of amides is 1. The molecule has 0 saturated carbocycles. The molecular weight excluding hydrogens is 341 g/mol. The Hall–Kier alpha value is -0.775. The highest BCUT2D eigenvalue weighted by molar-refractivity contribution is 8.69. The van der Waals surface area contributed by atoms with Crippen molar-refractivity contribution in [1.82, 2.24) is 5.32 Å². The first-order chi connectivity index (χ1) is 9.78. The van der Waals surface area contributed by atoms with Crippen LogP contribution >= 0.6 is 22.4 Å². The summed E-state index contributed by atoms with van der Waals surface area (Å²) >= 11 is 6.00. The van der Waals surface area contributed by atoms with Gasteiger partial charge in [-0.1, -0.05) is 11.6 Å². The second-order valence-electron chi connectivity index (χ2n) is 4.20. The molecule has 0 aliphatic carbocycles. The van der Waals surface area contributed by atoms with Gasteiger partial charge in [-0.25, -0.2) is 0 Å². The molecule has 114 valence electrons. The topological polar surface area (TPSA) is 113 Å². The number of carbonyl (C=O) groups excluding carboxylic acids is 1. The maximum atomic E-state index is 12.0. The SMILES string of the molecule is O=C(NCCSS(=O)(=O)O)c1cc2c(cc1Cl)COB2O. The third-order valence-corrected chi connectivity index (χ3v) is 5.13. The molecule has 0 fully saturated rings. The predicted octanol–water partition coefficient (Wildman–Crippen LogP) is -0.176. The number of hydrogen-bond acceptors (Lipinski definition) is 6. The summed E-state index contributed by atoms with van der Waals surface area (Å²) in [6, 6.07) is 3.00. The Bertz CT molecular complexity index is 668. The van der Waals surface area contributed by atoms with Crippen LogP contribution in [0.4, 0.5) is 0 Å². The molecule has 0 bridgehead atoms. The maximum Gasteiger partial charge on any atom is 0.491 e. The van der Waals surface area contributed by atoms with E-state index in [-0.39, 0.29) is 29.5 Å². The van der Waals surface area contributed by atoms with Crippen molar-refractivity contribution in [3.63, 3.8) is 0 Å². The maximum absolute atomic E-state index is 12.0. The Morgan fingerprint density at radius 3 is 2.90 bits per heavy atom. The Morgan fingerprint density at radius 2 is 2.24 bits per heavy atom. The molecule has 0 aromatic heterocycles. The first-order valence-corrected chi connectivity index (χ1v) is 9.12. The molecule has 1 amide bonds. The predicted molar refractivity (Wildman–Crippen MR) is 80.2 cm³/mol. The van der Waals surface area contributed by atoms with Crippen LogP contribution in [0, 0.1) is 0 Å². The fourth-order valence-corrected chi connectivity index (χ4v) is 3.38. The molecule has 1 aromatic rings. The van der Waals surface area contributed by atoms with Gasteiger partial charge in [-0.15, -0.1) is 0 Å². The van der Waals surface area contributed by atoms with Crippen molar-refractivity contribution in [3.05, 3.63) is 28.3 Å². The summed E-state index contributed by atoms with van der Waals surface area (Å²) in [5.74, 6) is -0.503. The number of halogens is 1. The standard InChI is InChI=1S/C10H11BClNO6S2/c12-9-3-6-5-19-11(15)8(6)4-7(9)10(14)13-1-2-20-21(16,17)18/h3-4,15H,1-2,5H2,(H,13,14)(H,16,17,18). The molecule has 3 N–H and O–H groups in total. The van der Waals surface area contributed by atoms with Crippen LogP contribution in [0.2, 0.25) is 5.02 Å². The minimum atomic E-state index is -4.12. The Kier molecular flexibility index (Phi) is 5.17. The second kappa shape index (κ2) is 6.55. The fraction of sp³-hybridized carbons (Fsp3) is 0.300. The molecular formula is C10H11BClNO6S2. The third kappa shape index (κ3) is 4.35. The minimum absolute atomic E-state index is 0.00112. The summed E-state index contributed by atoms with van der Waals surface area (Å²) in [5, 5.41) is 12.3. The Morgan fingerprint density at radius 1 is 1.52 bits per heavy atom. The number of hydrogen-bond donors (Lipinski definition) is 3. The summed E-state index contributed by atoms with van der Waals surface area (Å²) < 4.78 is 34.6. The van der Waals surface area contributed by atoms with E-state index in [1.807, 2.05) is 0 Å². The van der Waals surface area contributed by atoms with Gasteiger partial charge >= 0.3 is 16.3 Å².